The van der Waals surface area contributed by atoms with E-state index in [1.807, 2.05) is 0 Å². The molecule has 0 radical (unpaired) electrons. The minimum atomic E-state index is 0.421. The second-order valence-corrected chi connectivity index (χ2v) is 8.37. The van der Waals surface area contributed by atoms with Crippen LogP contribution in [0.1, 0.15) is 73.7 Å². The van der Waals surface area contributed by atoms with Gasteiger partial charge in [0.1, 0.15) is 0 Å². The molecule has 0 fully saturated rings. The summed E-state index contributed by atoms with van der Waals surface area (Å²) in [7, 11) is 3.44. The van der Waals surface area contributed by atoms with Crippen LogP contribution in [-0.2, 0) is 19.5 Å². The van der Waals surface area contributed by atoms with Crippen molar-refractivity contribution in [3.05, 3.63) is 58.7 Å². The van der Waals surface area contributed by atoms with E-state index in [9.17, 15) is 0 Å². The fraction of sp³-hybridized carbons (Fsp3) is 0.538. The number of unbranched alkanes of at least 4 members (excludes halogenated alkanes) is 4. The van der Waals surface area contributed by atoms with Crippen LogP contribution in [0.3, 0.4) is 0 Å². The zero-order valence-corrected chi connectivity index (χ0v) is 19.0. The Labute approximate surface area is 182 Å². The van der Waals surface area contributed by atoms with Gasteiger partial charge in [0.2, 0.25) is 0 Å². The van der Waals surface area contributed by atoms with Crippen LogP contribution in [0.4, 0.5) is 0 Å². The van der Waals surface area contributed by atoms with Crippen molar-refractivity contribution in [3.63, 3.8) is 0 Å². The molecule has 2 aromatic carbocycles. The Balaban J connectivity index is 1.82. The van der Waals surface area contributed by atoms with Crippen molar-refractivity contribution in [2.75, 3.05) is 20.8 Å². The molecule has 1 heterocycles. The third kappa shape index (κ3) is 5.55. The maximum atomic E-state index is 5.77. The SMILES string of the molecule is CCCCCCCC1c2cc(OC)c(OC)cc2CCN1Cc1ccc(CN)cc1. The van der Waals surface area contributed by atoms with Crippen LogP contribution in [0.25, 0.3) is 0 Å². The van der Waals surface area contributed by atoms with E-state index in [2.05, 4.69) is 48.2 Å². The van der Waals surface area contributed by atoms with Crippen LogP contribution in [0, 0.1) is 0 Å². The maximum Gasteiger partial charge on any atom is 0.161 e. The van der Waals surface area contributed by atoms with Gasteiger partial charge in [-0.3, -0.25) is 4.90 Å². The van der Waals surface area contributed by atoms with E-state index in [0.29, 0.717) is 12.6 Å². The van der Waals surface area contributed by atoms with Crippen LogP contribution in [0.2, 0.25) is 0 Å². The summed E-state index contributed by atoms with van der Waals surface area (Å²) in [6.45, 7) is 4.91. The summed E-state index contributed by atoms with van der Waals surface area (Å²) in [5.74, 6) is 1.67. The van der Waals surface area contributed by atoms with Crippen molar-refractivity contribution < 1.29 is 9.47 Å². The molecule has 1 aliphatic heterocycles. The number of methoxy groups -OCH3 is 2. The van der Waals surface area contributed by atoms with Gasteiger partial charge < -0.3 is 15.2 Å². The lowest BCUT2D eigenvalue weighted by molar-refractivity contribution is 0.163. The van der Waals surface area contributed by atoms with Crippen LogP contribution in [0.5, 0.6) is 11.5 Å². The molecule has 4 nitrogen and oxygen atoms in total. The number of rotatable bonds is 11. The zero-order chi connectivity index (χ0) is 21.3. The number of ether oxygens (including phenoxy) is 2. The quantitative estimate of drug-likeness (QED) is 0.488. The van der Waals surface area contributed by atoms with Gasteiger partial charge in [-0.05, 0) is 47.2 Å². The second-order valence-electron chi connectivity index (χ2n) is 8.37. The van der Waals surface area contributed by atoms with E-state index in [0.717, 1.165) is 31.0 Å². The highest BCUT2D eigenvalue weighted by molar-refractivity contribution is 5.49. The van der Waals surface area contributed by atoms with Gasteiger partial charge in [-0.1, -0.05) is 63.3 Å². The third-order valence-corrected chi connectivity index (χ3v) is 6.34. The molecule has 0 saturated heterocycles. The predicted molar refractivity (Wildman–Crippen MR) is 124 cm³/mol. The molecular weight excluding hydrogens is 372 g/mol. The minimum Gasteiger partial charge on any atom is -0.493 e. The number of hydrogen-bond acceptors (Lipinski definition) is 4. The fourth-order valence-electron chi connectivity index (χ4n) is 4.56. The van der Waals surface area contributed by atoms with Crippen LogP contribution < -0.4 is 15.2 Å². The summed E-state index contributed by atoms with van der Waals surface area (Å²) in [5.41, 5.74) is 11.1. The standard InChI is InChI=1S/C26H38N2O2/c1-4-5-6-7-8-9-24-23-17-26(30-3)25(29-2)16-22(23)14-15-28(24)19-21-12-10-20(18-27)11-13-21/h10-13,16-17,24H,4-9,14-15,18-19,27H2,1-3H3. The molecule has 2 aromatic rings. The largest absolute Gasteiger partial charge is 0.493 e. The summed E-state index contributed by atoms with van der Waals surface area (Å²) >= 11 is 0. The van der Waals surface area contributed by atoms with Crippen molar-refractivity contribution in [1.82, 2.24) is 4.90 Å². The van der Waals surface area contributed by atoms with Gasteiger partial charge in [-0.25, -0.2) is 0 Å². The molecular formula is C26H38N2O2. The number of nitrogens with zero attached hydrogens (tertiary/aromatic N) is 1. The van der Waals surface area contributed by atoms with Gasteiger partial charge in [0, 0.05) is 25.7 Å². The van der Waals surface area contributed by atoms with E-state index >= 15 is 0 Å². The zero-order valence-electron chi connectivity index (χ0n) is 19.0. The van der Waals surface area contributed by atoms with Gasteiger partial charge >= 0.3 is 0 Å². The molecule has 1 atom stereocenters. The molecule has 30 heavy (non-hydrogen) atoms. The molecule has 0 spiro atoms. The topological polar surface area (TPSA) is 47.7 Å². The fourth-order valence-corrected chi connectivity index (χ4v) is 4.56. The summed E-state index contributed by atoms with van der Waals surface area (Å²) in [4.78, 5) is 2.64. The predicted octanol–water partition coefficient (Wildman–Crippen LogP) is 5.62. The highest BCUT2D eigenvalue weighted by Gasteiger charge is 2.28. The molecule has 3 rings (SSSR count). The van der Waals surface area contributed by atoms with Crippen LogP contribution in [0.15, 0.2) is 36.4 Å². The van der Waals surface area contributed by atoms with Crippen molar-refractivity contribution in [3.8, 4) is 11.5 Å². The van der Waals surface area contributed by atoms with E-state index in [4.69, 9.17) is 15.2 Å². The van der Waals surface area contributed by atoms with Crippen molar-refractivity contribution >= 4 is 0 Å². The van der Waals surface area contributed by atoms with Gasteiger partial charge in [0.05, 0.1) is 14.2 Å². The molecule has 2 N–H and O–H groups in total. The lowest BCUT2D eigenvalue weighted by Crippen LogP contribution is -2.35. The Morgan fingerprint density at radius 3 is 2.27 bits per heavy atom. The van der Waals surface area contributed by atoms with Gasteiger partial charge in [0.25, 0.3) is 0 Å². The van der Waals surface area contributed by atoms with E-state index in [1.165, 1.54) is 60.8 Å². The first-order valence-electron chi connectivity index (χ1n) is 11.5. The summed E-state index contributed by atoms with van der Waals surface area (Å²) in [6.07, 6.45) is 8.77. The lowest BCUT2D eigenvalue weighted by atomic mass is 9.88. The molecule has 1 aliphatic rings. The average molecular weight is 411 g/mol. The van der Waals surface area contributed by atoms with Gasteiger partial charge in [0.15, 0.2) is 11.5 Å². The number of nitrogens with two attached hydrogens (primary N) is 1. The third-order valence-electron chi connectivity index (χ3n) is 6.34. The molecule has 0 amide bonds. The molecule has 4 heteroatoms. The normalized spacial score (nSPS) is 16.3. The monoisotopic (exact) mass is 410 g/mol. The van der Waals surface area contributed by atoms with Crippen molar-refractivity contribution in [2.45, 2.75) is 71.0 Å². The Bertz CT molecular complexity index is 788. The molecule has 0 saturated carbocycles. The Kier molecular flexibility index (Phi) is 8.59. The van der Waals surface area contributed by atoms with Crippen LogP contribution >= 0.6 is 0 Å². The number of fused-ring (bicyclic) bond motifs is 1. The summed E-state index contributed by atoms with van der Waals surface area (Å²) in [5, 5.41) is 0. The first-order chi connectivity index (χ1) is 14.7. The van der Waals surface area contributed by atoms with Gasteiger partial charge in [-0.15, -0.1) is 0 Å². The minimum absolute atomic E-state index is 0.421. The summed E-state index contributed by atoms with van der Waals surface area (Å²) in [6, 6.07) is 13.6. The first-order valence-corrected chi connectivity index (χ1v) is 11.5. The van der Waals surface area contributed by atoms with Gasteiger partial charge in [-0.2, -0.15) is 0 Å². The molecule has 1 unspecified atom stereocenters. The maximum absolute atomic E-state index is 5.77. The van der Waals surface area contributed by atoms with E-state index in [-0.39, 0.29) is 0 Å². The first kappa shape index (κ1) is 22.6. The Morgan fingerprint density at radius 2 is 1.60 bits per heavy atom. The number of benzene rings is 2. The Morgan fingerprint density at radius 1 is 0.933 bits per heavy atom. The molecule has 164 valence electrons. The lowest BCUT2D eigenvalue weighted by Gasteiger charge is -2.38. The molecule has 0 aromatic heterocycles. The average Bonchev–Trinajstić information content (AvgIpc) is 2.79. The van der Waals surface area contributed by atoms with Crippen molar-refractivity contribution in [2.24, 2.45) is 5.73 Å². The van der Waals surface area contributed by atoms with Crippen molar-refractivity contribution in [1.29, 1.82) is 0 Å². The highest BCUT2D eigenvalue weighted by atomic mass is 16.5. The number of hydrogen-bond donors (Lipinski definition) is 1. The summed E-state index contributed by atoms with van der Waals surface area (Å²) < 4.78 is 11.2. The second kappa shape index (κ2) is 11.4. The van der Waals surface area contributed by atoms with Crippen LogP contribution in [-0.4, -0.2) is 25.7 Å². The highest BCUT2D eigenvalue weighted by Crippen LogP contribution is 2.40. The Hall–Kier alpha value is -2.04. The van der Waals surface area contributed by atoms with E-state index in [1.54, 1.807) is 14.2 Å². The van der Waals surface area contributed by atoms with E-state index < -0.39 is 0 Å². The smallest absolute Gasteiger partial charge is 0.161 e. The molecule has 0 aliphatic carbocycles. The molecule has 0 bridgehead atoms.